The van der Waals surface area contributed by atoms with Gasteiger partial charge in [-0.1, -0.05) is 13.3 Å². The molecule has 4 nitrogen and oxygen atoms in total. The summed E-state index contributed by atoms with van der Waals surface area (Å²) in [6.07, 6.45) is 4.91. The van der Waals surface area contributed by atoms with Crippen molar-refractivity contribution in [3.05, 3.63) is 0 Å². The van der Waals surface area contributed by atoms with Crippen LogP contribution in [0.3, 0.4) is 0 Å². The minimum atomic E-state index is 0.123. The molecular weight excluding hydrogens is 204 g/mol. The van der Waals surface area contributed by atoms with Crippen LogP contribution < -0.4 is 5.32 Å². The number of hydrogen-bond donors (Lipinski definition) is 1. The van der Waals surface area contributed by atoms with Crippen LogP contribution in [0.1, 0.15) is 32.6 Å². The van der Waals surface area contributed by atoms with Crippen molar-refractivity contribution in [1.82, 2.24) is 10.2 Å². The first-order valence-corrected chi connectivity index (χ1v) is 6.27. The Morgan fingerprint density at radius 1 is 1.50 bits per heavy atom. The molecule has 1 heterocycles. The number of carbonyl (C=O) groups is 1. The Bertz CT molecular complexity index is 209. The van der Waals surface area contributed by atoms with Gasteiger partial charge in [0.05, 0.1) is 13.2 Å². The van der Waals surface area contributed by atoms with Crippen molar-refractivity contribution in [2.45, 2.75) is 38.6 Å². The van der Waals surface area contributed by atoms with Crippen molar-refractivity contribution in [2.24, 2.45) is 0 Å². The molecule has 1 aliphatic heterocycles. The maximum absolute atomic E-state index is 11.6. The fourth-order valence-corrected chi connectivity index (χ4v) is 2.26. The van der Waals surface area contributed by atoms with Crippen LogP contribution in [0.25, 0.3) is 0 Å². The number of likely N-dealkylation sites (tertiary alicyclic amines) is 1. The Morgan fingerprint density at radius 3 is 3.00 bits per heavy atom. The lowest BCUT2D eigenvalue weighted by molar-refractivity contribution is -0.123. The van der Waals surface area contributed by atoms with Crippen molar-refractivity contribution in [1.29, 1.82) is 0 Å². The summed E-state index contributed by atoms with van der Waals surface area (Å²) in [6.45, 7) is 5.01. The van der Waals surface area contributed by atoms with Crippen molar-refractivity contribution in [3.8, 4) is 0 Å². The summed E-state index contributed by atoms with van der Waals surface area (Å²) in [7, 11) is 1.64. The minimum Gasteiger partial charge on any atom is -0.383 e. The smallest absolute Gasteiger partial charge is 0.234 e. The average molecular weight is 228 g/mol. The zero-order valence-corrected chi connectivity index (χ0v) is 10.5. The Kier molecular flexibility index (Phi) is 6.42. The quantitative estimate of drug-likeness (QED) is 0.690. The lowest BCUT2D eigenvalue weighted by atomic mass is 10.0. The van der Waals surface area contributed by atoms with Crippen molar-refractivity contribution < 1.29 is 9.53 Å². The van der Waals surface area contributed by atoms with E-state index >= 15 is 0 Å². The Balaban J connectivity index is 2.25. The van der Waals surface area contributed by atoms with E-state index in [1.165, 1.54) is 19.3 Å². The van der Waals surface area contributed by atoms with Crippen LogP contribution in [0.2, 0.25) is 0 Å². The molecule has 0 unspecified atom stereocenters. The number of amides is 1. The molecule has 0 aromatic carbocycles. The topological polar surface area (TPSA) is 41.6 Å². The summed E-state index contributed by atoms with van der Waals surface area (Å²) >= 11 is 0. The van der Waals surface area contributed by atoms with Crippen molar-refractivity contribution in [2.75, 3.05) is 33.4 Å². The molecule has 0 bridgehead atoms. The SMILES string of the molecule is CC[C@H]1CCCCN1CC(=O)NCCOC. The van der Waals surface area contributed by atoms with Gasteiger partial charge in [0.2, 0.25) is 5.91 Å². The van der Waals surface area contributed by atoms with E-state index in [4.69, 9.17) is 4.74 Å². The van der Waals surface area contributed by atoms with Crippen LogP contribution in [0.15, 0.2) is 0 Å². The number of methoxy groups -OCH3 is 1. The zero-order chi connectivity index (χ0) is 11.8. The van der Waals surface area contributed by atoms with Gasteiger partial charge in [0.25, 0.3) is 0 Å². The van der Waals surface area contributed by atoms with Crippen LogP contribution in [0.4, 0.5) is 0 Å². The molecule has 1 fully saturated rings. The first-order valence-electron chi connectivity index (χ1n) is 6.27. The maximum Gasteiger partial charge on any atom is 0.234 e. The third kappa shape index (κ3) is 4.49. The molecule has 1 N–H and O–H groups in total. The van der Waals surface area contributed by atoms with Gasteiger partial charge in [-0.3, -0.25) is 9.69 Å². The number of piperidine rings is 1. The molecule has 0 radical (unpaired) electrons. The summed E-state index contributed by atoms with van der Waals surface area (Å²) in [5, 5.41) is 2.87. The second-order valence-electron chi connectivity index (χ2n) is 4.37. The first kappa shape index (κ1) is 13.5. The Labute approximate surface area is 98.3 Å². The van der Waals surface area contributed by atoms with E-state index in [1.54, 1.807) is 7.11 Å². The van der Waals surface area contributed by atoms with Crippen molar-refractivity contribution >= 4 is 5.91 Å². The third-order valence-electron chi connectivity index (χ3n) is 3.20. The molecule has 0 saturated carbocycles. The second-order valence-corrected chi connectivity index (χ2v) is 4.37. The molecule has 1 saturated heterocycles. The van der Waals surface area contributed by atoms with E-state index in [-0.39, 0.29) is 5.91 Å². The maximum atomic E-state index is 11.6. The molecule has 0 spiro atoms. The van der Waals surface area contributed by atoms with Crippen LogP contribution in [0.5, 0.6) is 0 Å². The van der Waals surface area contributed by atoms with E-state index in [1.807, 2.05) is 0 Å². The van der Waals surface area contributed by atoms with Gasteiger partial charge in [0, 0.05) is 19.7 Å². The van der Waals surface area contributed by atoms with Gasteiger partial charge in [0.15, 0.2) is 0 Å². The number of ether oxygens (including phenoxy) is 1. The normalized spacial score (nSPS) is 22.0. The minimum absolute atomic E-state index is 0.123. The molecule has 16 heavy (non-hydrogen) atoms. The number of nitrogens with one attached hydrogen (secondary N) is 1. The highest BCUT2D eigenvalue weighted by atomic mass is 16.5. The van der Waals surface area contributed by atoms with Crippen LogP contribution >= 0.6 is 0 Å². The van der Waals surface area contributed by atoms with Gasteiger partial charge in [-0.05, 0) is 25.8 Å². The van der Waals surface area contributed by atoms with E-state index in [0.29, 0.717) is 25.7 Å². The lowest BCUT2D eigenvalue weighted by Gasteiger charge is -2.34. The molecule has 4 heteroatoms. The first-order chi connectivity index (χ1) is 7.77. The summed E-state index contributed by atoms with van der Waals surface area (Å²) in [6, 6.07) is 0.599. The van der Waals surface area contributed by atoms with Gasteiger partial charge in [-0.25, -0.2) is 0 Å². The molecule has 0 aliphatic carbocycles. The molecule has 1 rings (SSSR count). The average Bonchev–Trinajstić information content (AvgIpc) is 2.30. The van der Waals surface area contributed by atoms with Gasteiger partial charge < -0.3 is 10.1 Å². The van der Waals surface area contributed by atoms with Crippen LogP contribution in [0, 0.1) is 0 Å². The molecule has 1 amide bonds. The number of nitrogens with zero attached hydrogens (tertiary/aromatic N) is 1. The van der Waals surface area contributed by atoms with E-state index in [9.17, 15) is 4.79 Å². The highest BCUT2D eigenvalue weighted by Gasteiger charge is 2.22. The lowest BCUT2D eigenvalue weighted by Crippen LogP contribution is -2.45. The monoisotopic (exact) mass is 228 g/mol. The van der Waals surface area contributed by atoms with Gasteiger partial charge >= 0.3 is 0 Å². The highest BCUT2D eigenvalue weighted by Crippen LogP contribution is 2.18. The predicted molar refractivity (Wildman–Crippen MR) is 64.4 cm³/mol. The summed E-state index contributed by atoms with van der Waals surface area (Å²) < 4.78 is 4.90. The molecule has 1 aliphatic rings. The Morgan fingerprint density at radius 2 is 2.31 bits per heavy atom. The third-order valence-corrected chi connectivity index (χ3v) is 3.20. The molecule has 0 aromatic heterocycles. The van der Waals surface area contributed by atoms with E-state index < -0.39 is 0 Å². The van der Waals surface area contributed by atoms with Crippen molar-refractivity contribution in [3.63, 3.8) is 0 Å². The van der Waals surface area contributed by atoms with Gasteiger partial charge in [-0.15, -0.1) is 0 Å². The number of carbonyl (C=O) groups excluding carboxylic acids is 1. The molecule has 1 atom stereocenters. The second kappa shape index (κ2) is 7.63. The van der Waals surface area contributed by atoms with Crippen LogP contribution in [-0.4, -0.2) is 50.2 Å². The summed E-state index contributed by atoms with van der Waals surface area (Å²) in [5.41, 5.74) is 0. The number of rotatable bonds is 6. The largest absolute Gasteiger partial charge is 0.383 e. The molecule has 0 aromatic rings. The van der Waals surface area contributed by atoms with Crippen LogP contribution in [-0.2, 0) is 9.53 Å². The number of hydrogen-bond acceptors (Lipinski definition) is 3. The Hall–Kier alpha value is -0.610. The van der Waals surface area contributed by atoms with Gasteiger partial charge in [-0.2, -0.15) is 0 Å². The molecule has 94 valence electrons. The predicted octanol–water partition coefficient (Wildman–Crippen LogP) is 1.01. The van der Waals surface area contributed by atoms with Gasteiger partial charge in [0.1, 0.15) is 0 Å². The zero-order valence-electron chi connectivity index (χ0n) is 10.5. The van der Waals surface area contributed by atoms with E-state index in [2.05, 4.69) is 17.1 Å². The van der Waals surface area contributed by atoms with E-state index in [0.717, 1.165) is 13.0 Å². The fourth-order valence-electron chi connectivity index (χ4n) is 2.26. The fraction of sp³-hybridized carbons (Fsp3) is 0.917. The highest BCUT2D eigenvalue weighted by molar-refractivity contribution is 5.78. The standard InChI is InChI=1S/C12H24N2O2/c1-3-11-6-4-5-8-14(11)10-12(15)13-7-9-16-2/h11H,3-10H2,1-2H3,(H,13,15)/t11-/m0/s1. The molecular formula is C12H24N2O2. The summed E-state index contributed by atoms with van der Waals surface area (Å²) in [5.74, 6) is 0.123. The summed E-state index contributed by atoms with van der Waals surface area (Å²) in [4.78, 5) is 14.0.